The summed E-state index contributed by atoms with van der Waals surface area (Å²) in [4.78, 5) is 20.6. The van der Waals surface area contributed by atoms with Crippen LogP contribution in [-0.2, 0) is 11.0 Å². The molecule has 10 heteroatoms. The Morgan fingerprint density at radius 1 is 1.21 bits per heavy atom. The largest absolute Gasteiger partial charge is 0.433 e. The molecule has 1 aromatic rings. The number of pyridine rings is 1. The van der Waals surface area contributed by atoms with Crippen molar-refractivity contribution in [2.45, 2.75) is 45.3 Å². The lowest BCUT2D eigenvalue weighted by Crippen LogP contribution is -2.54. The molecule has 1 aliphatic heterocycles. The van der Waals surface area contributed by atoms with Gasteiger partial charge in [0.2, 0.25) is 5.91 Å². The Hall–Kier alpha value is -1.25. The number of halogens is 5. The molecular weight excluding hydrogens is 428 g/mol. The minimum absolute atomic E-state index is 0. The molecule has 3 rings (SSSR count). The van der Waals surface area contributed by atoms with Gasteiger partial charge >= 0.3 is 6.18 Å². The molecule has 2 N–H and O–H groups in total. The third kappa shape index (κ3) is 5.27. The van der Waals surface area contributed by atoms with E-state index >= 15 is 0 Å². The molecule has 2 fully saturated rings. The summed E-state index contributed by atoms with van der Waals surface area (Å²) in [6.45, 7) is 6.05. The number of rotatable bonds is 3. The van der Waals surface area contributed by atoms with Crippen LogP contribution in [-0.4, -0.2) is 48.0 Å². The standard InChI is InChI=1S/C19H27F3N4O.2ClH/c1-13(2)18(7-6-14(23)12-18)17(27)26-10-8-25(9-11-26)16-5-3-4-15(24-16)19(20,21)22;;/h3-5,13-14H,6-12,23H2,1-2H3;2*1H/t14-,18+;;/m1../s1. The fraction of sp³-hybridized carbons (Fsp3) is 0.684. The number of carbonyl (C=O) groups is 1. The Balaban J connectivity index is 0.00000210. The zero-order valence-electron chi connectivity index (χ0n) is 16.6. The quantitative estimate of drug-likeness (QED) is 0.751. The Bertz CT molecular complexity index is 696. The molecule has 0 spiro atoms. The second-order valence-corrected chi connectivity index (χ2v) is 7.97. The molecule has 1 amide bonds. The lowest BCUT2D eigenvalue weighted by atomic mass is 9.74. The van der Waals surface area contributed by atoms with Crippen LogP contribution in [0.15, 0.2) is 18.2 Å². The van der Waals surface area contributed by atoms with Gasteiger partial charge in [-0.3, -0.25) is 4.79 Å². The highest BCUT2D eigenvalue weighted by atomic mass is 35.5. The van der Waals surface area contributed by atoms with Gasteiger partial charge in [-0.25, -0.2) is 4.98 Å². The van der Waals surface area contributed by atoms with Gasteiger partial charge in [0.15, 0.2) is 0 Å². The fourth-order valence-electron chi connectivity index (χ4n) is 4.29. The highest BCUT2D eigenvalue weighted by Gasteiger charge is 2.48. The predicted octanol–water partition coefficient (Wildman–Crippen LogP) is 3.75. The molecule has 2 atom stereocenters. The van der Waals surface area contributed by atoms with Gasteiger partial charge in [0.25, 0.3) is 0 Å². The smallest absolute Gasteiger partial charge is 0.353 e. The van der Waals surface area contributed by atoms with Crippen LogP contribution in [0.4, 0.5) is 19.0 Å². The highest BCUT2D eigenvalue weighted by Crippen LogP contribution is 2.45. The van der Waals surface area contributed by atoms with Gasteiger partial charge in [-0.2, -0.15) is 13.2 Å². The van der Waals surface area contributed by atoms with E-state index in [-0.39, 0.29) is 42.7 Å². The monoisotopic (exact) mass is 456 g/mol. The van der Waals surface area contributed by atoms with Gasteiger partial charge in [-0.1, -0.05) is 19.9 Å². The molecule has 5 nitrogen and oxygen atoms in total. The number of hydrogen-bond acceptors (Lipinski definition) is 4. The van der Waals surface area contributed by atoms with E-state index in [9.17, 15) is 18.0 Å². The summed E-state index contributed by atoms with van der Waals surface area (Å²) in [7, 11) is 0. The molecule has 1 saturated heterocycles. The molecule has 0 bridgehead atoms. The molecule has 166 valence electrons. The highest BCUT2D eigenvalue weighted by molar-refractivity contribution is 5.85. The normalized spacial score (nSPS) is 24.9. The molecule has 2 heterocycles. The van der Waals surface area contributed by atoms with Crippen LogP contribution >= 0.6 is 24.8 Å². The van der Waals surface area contributed by atoms with Crippen molar-refractivity contribution >= 4 is 36.5 Å². The van der Waals surface area contributed by atoms with Crippen LogP contribution in [0, 0.1) is 11.3 Å². The first-order valence-corrected chi connectivity index (χ1v) is 9.47. The first-order valence-electron chi connectivity index (χ1n) is 9.47. The Morgan fingerprint density at radius 3 is 2.31 bits per heavy atom. The maximum atomic E-state index is 13.2. The van der Waals surface area contributed by atoms with E-state index in [1.165, 1.54) is 6.07 Å². The number of piperazine rings is 1. The summed E-state index contributed by atoms with van der Waals surface area (Å²) in [6, 6.07) is 3.99. The van der Waals surface area contributed by atoms with E-state index < -0.39 is 17.3 Å². The maximum Gasteiger partial charge on any atom is 0.433 e. The van der Waals surface area contributed by atoms with Crippen molar-refractivity contribution in [3.05, 3.63) is 23.9 Å². The molecule has 1 aromatic heterocycles. The first kappa shape index (κ1) is 25.8. The van der Waals surface area contributed by atoms with Gasteiger partial charge in [-0.15, -0.1) is 24.8 Å². The van der Waals surface area contributed by atoms with Crippen LogP contribution < -0.4 is 10.6 Å². The Morgan fingerprint density at radius 2 is 1.83 bits per heavy atom. The molecule has 1 saturated carbocycles. The van der Waals surface area contributed by atoms with E-state index in [0.717, 1.165) is 18.9 Å². The van der Waals surface area contributed by atoms with Crippen LogP contribution in [0.1, 0.15) is 38.8 Å². The number of hydrogen-bond donors (Lipinski definition) is 1. The number of nitrogens with two attached hydrogens (primary N) is 1. The molecule has 0 aromatic carbocycles. The Kier molecular flexibility index (Phi) is 8.63. The van der Waals surface area contributed by atoms with Crippen molar-refractivity contribution in [3.8, 4) is 0 Å². The van der Waals surface area contributed by atoms with Crippen molar-refractivity contribution in [1.82, 2.24) is 9.88 Å². The summed E-state index contributed by atoms with van der Waals surface area (Å²) in [5.74, 6) is 0.655. The van der Waals surface area contributed by atoms with E-state index in [1.807, 2.05) is 4.90 Å². The number of amides is 1. The molecule has 0 radical (unpaired) electrons. The number of carbonyl (C=O) groups excluding carboxylic acids is 1. The van der Waals surface area contributed by atoms with E-state index in [0.29, 0.717) is 38.4 Å². The van der Waals surface area contributed by atoms with Gasteiger partial charge in [0, 0.05) is 32.2 Å². The van der Waals surface area contributed by atoms with Gasteiger partial charge in [0.1, 0.15) is 11.5 Å². The fourth-order valence-corrected chi connectivity index (χ4v) is 4.29. The Labute approximate surface area is 182 Å². The average molecular weight is 457 g/mol. The summed E-state index contributed by atoms with van der Waals surface area (Å²) in [5, 5.41) is 0. The summed E-state index contributed by atoms with van der Waals surface area (Å²) < 4.78 is 38.6. The van der Waals surface area contributed by atoms with Crippen LogP contribution in [0.5, 0.6) is 0 Å². The third-order valence-electron chi connectivity index (χ3n) is 6.03. The summed E-state index contributed by atoms with van der Waals surface area (Å²) in [6.07, 6.45) is -2.09. The van der Waals surface area contributed by atoms with E-state index in [4.69, 9.17) is 5.73 Å². The number of alkyl halides is 3. The topological polar surface area (TPSA) is 62.5 Å². The minimum Gasteiger partial charge on any atom is -0.353 e. The molecule has 29 heavy (non-hydrogen) atoms. The zero-order valence-corrected chi connectivity index (χ0v) is 18.2. The molecule has 0 unspecified atom stereocenters. The summed E-state index contributed by atoms with van der Waals surface area (Å²) in [5.41, 5.74) is 4.79. The third-order valence-corrected chi connectivity index (χ3v) is 6.03. The molecular formula is C19H29Cl2F3N4O. The first-order chi connectivity index (χ1) is 12.6. The summed E-state index contributed by atoms with van der Waals surface area (Å²) >= 11 is 0. The lowest BCUT2D eigenvalue weighted by Gasteiger charge is -2.42. The SMILES string of the molecule is CC(C)[C@]1(C(=O)N2CCN(c3cccc(C(F)(F)F)n3)CC2)CC[C@@H](N)C1.Cl.Cl. The van der Waals surface area contributed by atoms with Crippen molar-refractivity contribution in [2.75, 3.05) is 31.1 Å². The van der Waals surface area contributed by atoms with Crippen molar-refractivity contribution in [2.24, 2.45) is 17.1 Å². The van der Waals surface area contributed by atoms with Gasteiger partial charge in [0.05, 0.1) is 5.41 Å². The number of nitrogens with zero attached hydrogens (tertiary/aromatic N) is 3. The molecule has 1 aliphatic carbocycles. The van der Waals surface area contributed by atoms with Crippen LogP contribution in [0.3, 0.4) is 0 Å². The second kappa shape index (κ2) is 9.71. The average Bonchev–Trinajstić information content (AvgIpc) is 3.04. The van der Waals surface area contributed by atoms with E-state index in [1.54, 1.807) is 11.0 Å². The lowest BCUT2D eigenvalue weighted by molar-refractivity contribution is -0.145. The van der Waals surface area contributed by atoms with Crippen molar-refractivity contribution < 1.29 is 18.0 Å². The van der Waals surface area contributed by atoms with Crippen molar-refractivity contribution in [3.63, 3.8) is 0 Å². The maximum absolute atomic E-state index is 13.2. The second-order valence-electron chi connectivity index (χ2n) is 7.97. The van der Waals surface area contributed by atoms with E-state index in [2.05, 4.69) is 18.8 Å². The predicted molar refractivity (Wildman–Crippen MR) is 112 cm³/mol. The van der Waals surface area contributed by atoms with Crippen LogP contribution in [0.25, 0.3) is 0 Å². The van der Waals surface area contributed by atoms with Crippen molar-refractivity contribution in [1.29, 1.82) is 0 Å². The minimum atomic E-state index is -4.46. The molecule has 2 aliphatic rings. The van der Waals surface area contributed by atoms with Gasteiger partial charge in [-0.05, 0) is 37.3 Å². The van der Waals surface area contributed by atoms with Gasteiger partial charge < -0.3 is 15.5 Å². The zero-order chi connectivity index (χ0) is 19.8. The number of aromatic nitrogens is 1. The van der Waals surface area contributed by atoms with Crippen LogP contribution in [0.2, 0.25) is 0 Å². The number of anilines is 1.